The monoisotopic (exact) mass is 277 g/mol. The summed E-state index contributed by atoms with van der Waals surface area (Å²) in [6, 6.07) is 6.61. The lowest BCUT2D eigenvalue weighted by Crippen LogP contribution is -2.32. The van der Waals surface area contributed by atoms with E-state index >= 15 is 0 Å². The summed E-state index contributed by atoms with van der Waals surface area (Å²) in [5, 5.41) is 10.9. The topological polar surface area (TPSA) is 74.8 Å². The van der Waals surface area contributed by atoms with E-state index in [1.165, 1.54) is 12.1 Å². The third-order valence-corrected chi connectivity index (χ3v) is 3.67. The van der Waals surface area contributed by atoms with E-state index in [2.05, 4.69) is 15.5 Å². The molecular formula is C13H15N3O2S. The van der Waals surface area contributed by atoms with E-state index in [1.54, 1.807) is 11.3 Å². The molecule has 5 nitrogen and oxygen atoms in total. The average Bonchev–Trinajstić information content (AvgIpc) is 2.89. The Bertz CT molecular complexity index is 584. The number of H-pyrrole nitrogens is 1. The van der Waals surface area contributed by atoms with Gasteiger partial charge in [-0.1, -0.05) is 19.9 Å². The summed E-state index contributed by atoms with van der Waals surface area (Å²) in [6.07, 6.45) is 0. The fraction of sp³-hybridized carbons (Fsp3) is 0.308. The smallest absolute Gasteiger partial charge is 0.272 e. The van der Waals surface area contributed by atoms with Crippen molar-refractivity contribution >= 4 is 17.2 Å². The normalized spacial score (nSPS) is 12.4. The van der Waals surface area contributed by atoms with Crippen molar-refractivity contribution in [1.82, 2.24) is 15.5 Å². The summed E-state index contributed by atoms with van der Waals surface area (Å²) in [4.78, 5) is 24.1. The fourth-order valence-electron chi connectivity index (χ4n) is 1.72. The lowest BCUT2D eigenvalue weighted by Gasteiger charge is -2.20. The van der Waals surface area contributed by atoms with Crippen molar-refractivity contribution in [1.29, 1.82) is 0 Å². The molecule has 0 unspecified atom stereocenters. The number of carbonyl (C=O) groups is 1. The summed E-state index contributed by atoms with van der Waals surface area (Å²) >= 11 is 1.61. The summed E-state index contributed by atoms with van der Waals surface area (Å²) < 4.78 is 0. The van der Waals surface area contributed by atoms with Crippen molar-refractivity contribution in [2.45, 2.75) is 19.9 Å². The van der Waals surface area contributed by atoms with Crippen LogP contribution < -0.4 is 10.9 Å². The van der Waals surface area contributed by atoms with Gasteiger partial charge >= 0.3 is 0 Å². The molecule has 2 N–H and O–H groups in total. The van der Waals surface area contributed by atoms with Crippen LogP contribution in [0.1, 0.15) is 35.3 Å². The quantitative estimate of drug-likeness (QED) is 0.897. The molecule has 0 saturated heterocycles. The van der Waals surface area contributed by atoms with Gasteiger partial charge in [0.05, 0.1) is 6.04 Å². The van der Waals surface area contributed by atoms with Crippen LogP contribution in [-0.2, 0) is 0 Å². The second kappa shape index (κ2) is 5.79. The predicted molar refractivity (Wildman–Crippen MR) is 74.2 cm³/mol. The van der Waals surface area contributed by atoms with Crippen LogP contribution >= 0.6 is 11.3 Å². The maximum Gasteiger partial charge on any atom is 0.272 e. The zero-order valence-electron chi connectivity index (χ0n) is 10.7. The van der Waals surface area contributed by atoms with Gasteiger partial charge in [-0.05, 0) is 23.4 Å². The van der Waals surface area contributed by atoms with E-state index in [0.717, 1.165) is 4.88 Å². The Morgan fingerprint density at radius 2 is 2.16 bits per heavy atom. The Hall–Kier alpha value is -1.95. The van der Waals surface area contributed by atoms with Crippen molar-refractivity contribution in [3.05, 3.63) is 50.6 Å². The molecule has 0 aliphatic heterocycles. The van der Waals surface area contributed by atoms with Crippen LogP contribution in [0.25, 0.3) is 0 Å². The van der Waals surface area contributed by atoms with E-state index in [4.69, 9.17) is 0 Å². The maximum absolute atomic E-state index is 12.1. The molecule has 6 heteroatoms. The first-order chi connectivity index (χ1) is 9.08. The van der Waals surface area contributed by atoms with Crippen LogP contribution in [0, 0.1) is 5.92 Å². The van der Waals surface area contributed by atoms with Crippen LogP contribution in [0.3, 0.4) is 0 Å². The predicted octanol–water partition coefficient (Wildman–Crippen LogP) is 1.96. The molecule has 0 aliphatic rings. The Morgan fingerprint density at radius 1 is 1.37 bits per heavy atom. The third kappa shape index (κ3) is 3.29. The van der Waals surface area contributed by atoms with Crippen molar-refractivity contribution in [2.75, 3.05) is 0 Å². The van der Waals surface area contributed by atoms with Crippen LogP contribution in [-0.4, -0.2) is 16.1 Å². The van der Waals surface area contributed by atoms with Gasteiger partial charge in [0.2, 0.25) is 0 Å². The lowest BCUT2D eigenvalue weighted by molar-refractivity contribution is 0.0920. The first-order valence-electron chi connectivity index (χ1n) is 5.98. The van der Waals surface area contributed by atoms with Gasteiger partial charge in [-0.2, -0.15) is 5.10 Å². The molecule has 19 heavy (non-hydrogen) atoms. The standard InChI is InChI=1S/C13H15N3O2S/c1-8(2)12(10-4-3-7-19-10)14-13(18)9-5-6-11(17)16-15-9/h3-8,12H,1-2H3,(H,14,18)(H,16,17)/t12-/m1/s1. The van der Waals surface area contributed by atoms with Crippen molar-refractivity contribution in [3.8, 4) is 0 Å². The molecule has 1 atom stereocenters. The van der Waals surface area contributed by atoms with Gasteiger partial charge in [-0.25, -0.2) is 5.10 Å². The molecule has 0 aromatic carbocycles. The zero-order chi connectivity index (χ0) is 13.8. The minimum Gasteiger partial charge on any atom is -0.343 e. The first kappa shape index (κ1) is 13.5. The van der Waals surface area contributed by atoms with E-state index in [0.29, 0.717) is 0 Å². The average molecular weight is 277 g/mol. The first-order valence-corrected chi connectivity index (χ1v) is 6.86. The number of aromatic amines is 1. The van der Waals surface area contributed by atoms with Gasteiger partial charge in [-0.3, -0.25) is 9.59 Å². The second-order valence-corrected chi connectivity index (χ2v) is 5.50. The van der Waals surface area contributed by atoms with E-state index in [9.17, 15) is 9.59 Å². The Kier molecular flexibility index (Phi) is 4.11. The number of hydrogen-bond donors (Lipinski definition) is 2. The lowest BCUT2D eigenvalue weighted by atomic mass is 10.0. The van der Waals surface area contributed by atoms with Crippen molar-refractivity contribution in [3.63, 3.8) is 0 Å². The van der Waals surface area contributed by atoms with Crippen LogP contribution in [0.4, 0.5) is 0 Å². The van der Waals surface area contributed by atoms with Crippen LogP contribution in [0.5, 0.6) is 0 Å². The van der Waals surface area contributed by atoms with E-state index < -0.39 is 0 Å². The number of aromatic nitrogens is 2. The summed E-state index contributed by atoms with van der Waals surface area (Å²) in [6.45, 7) is 4.09. The minimum absolute atomic E-state index is 0.0544. The van der Waals surface area contributed by atoms with Gasteiger partial charge in [0.25, 0.3) is 11.5 Å². The number of rotatable bonds is 4. The molecule has 2 aromatic heterocycles. The largest absolute Gasteiger partial charge is 0.343 e. The number of thiophene rings is 1. The molecule has 0 radical (unpaired) electrons. The number of carbonyl (C=O) groups excluding carboxylic acids is 1. The van der Waals surface area contributed by atoms with E-state index in [1.807, 2.05) is 31.4 Å². The molecule has 0 saturated carbocycles. The summed E-state index contributed by atoms with van der Waals surface area (Å²) in [7, 11) is 0. The number of hydrogen-bond acceptors (Lipinski definition) is 4. The molecule has 0 fully saturated rings. The molecule has 0 spiro atoms. The highest BCUT2D eigenvalue weighted by Gasteiger charge is 2.20. The molecular weight excluding hydrogens is 262 g/mol. The molecule has 100 valence electrons. The number of nitrogens with zero attached hydrogens (tertiary/aromatic N) is 1. The highest BCUT2D eigenvalue weighted by atomic mass is 32.1. The fourth-order valence-corrected chi connectivity index (χ4v) is 2.67. The Balaban J connectivity index is 2.16. The van der Waals surface area contributed by atoms with E-state index in [-0.39, 0.29) is 29.1 Å². The number of nitrogens with one attached hydrogen (secondary N) is 2. The highest BCUT2D eigenvalue weighted by Crippen LogP contribution is 2.25. The van der Waals surface area contributed by atoms with Gasteiger partial charge in [0, 0.05) is 10.9 Å². The molecule has 1 amide bonds. The Morgan fingerprint density at radius 3 is 2.68 bits per heavy atom. The summed E-state index contributed by atoms with van der Waals surface area (Å²) in [5.41, 5.74) is -0.114. The summed E-state index contributed by atoms with van der Waals surface area (Å²) in [5.74, 6) is -0.0197. The number of amides is 1. The third-order valence-electron chi connectivity index (χ3n) is 2.71. The molecule has 2 rings (SSSR count). The van der Waals surface area contributed by atoms with Gasteiger partial charge in [0.1, 0.15) is 5.69 Å². The van der Waals surface area contributed by atoms with Gasteiger partial charge in [-0.15, -0.1) is 11.3 Å². The van der Waals surface area contributed by atoms with Crippen LogP contribution in [0.15, 0.2) is 34.4 Å². The molecule has 2 aromatic rings. The highest BCUT2D eigenvalue weighted by molar-refractivity contribution is 7.10. The molecule has 0 aliphatic carbocycles. The minimum atomic E-state index is -0.324. The molecule has 0 bridgehead atoms. The zero-order valence-corrected chi connectivity index (χ0v) is 11.5. The van der Waals surface area contributed by atoms with Gasteiger partial charge in [0.15, 0.2) is 0 Å². The second-order valence-electron chi connectivity index (χ2n) is 4.52. The maximum atomic E-state index is 12.1. The molecule has 2 heterocycles. The van der Waals surface area contributed by atoms with Crippen LogP contribution in [0.2, 0.25) is 0 Å². The van der Waals surface area contributed by atoms with Crippen molar-refractivity contribution in [2.24, 2.45) is 5.92 Å². The SMILES string of the molecule is CC(C)[C@@H](NC(=O)c1ccc(=O)[nH]n1)c1cccs1. The van der Waals surface area contributed by atoms with Gasteiger partial charge < -0.3 is 5.32 Å². The van der Waals surface area contributed by atoms with Crippen molar-refractivity contribution < 1.29 is 4.79 Å². The Labute approximate surface area is 114 Å².